The number of carbonyl (C=O) groups is 1. The van der Waals surface area contributed by atoms with E-state index in [1.54, 1.807) is 19.2 Å². The van der Waals surface area contributed by atoms with Crippen LogP contribution in [0.25, 0.3) is 11.1 Å². The van der Waals surface area contributed by atoms with Gasteiger partial charge >= 0.3 is 5.97 Å². The van der Waals surface area contributed by atoms with Gasteiger partial charge in [-0.3, -0.25) is 0 Å². The Kier molecular flexibility index (Phi) is 6.56. The molecule has 4 aromatic carbocycles. The highest BCUT2D eigenvalue weighted by Crippen LogP contribution is 2.36. The Morgan fingerprint density at radius 3 is 1.61 bits per heavy atom. The molecule has 0 unspecified atom stereocenters. The molecule has 0 N–H and O–H groups in total. The fourth-order valence-corrected chi connectivity index (χ4v) is 3.55. The van der Waals surface area contributed by atoms with Crippen LogP contribution in [0.2, 0.25) is 0 Å². The smallest absolute Gasteiger partial charge is 0.335 e. The summed E-state index contributed by atoms with van der Waals surface area (Å²) >= 11 is 0. The molecule has 0 aliphatic rings. The largest absolute Gasteiger partial charge is 0.497 e. The molecule has 0 saturated heterocycles. The van der Waals surface area contributed by atoms with E-state index >= 15 is 0 Å². The lowest BCUT2D eigenvalue weighted by Gasteiger charge is -2.26. The minimum absolute atomic E-state index is 0.474. The van der Waals surface area contributed by atoms with Gasteiger partial charge < -0.3 is 14.4 Å². The van der Waals surface area contributed by atoms with Crippen molar-refractivity contribution in [1.29, 1.82) is 0 Å². The number of benzene rings is 4. The van der Waals surface area contributed by atoms with Crippen LogP contribution in [0.4, 0.5) is 17.1 Å². The molecule has 0 aromatic heterocycles. The summed E-state index contributed by atoms with van der Waals surface area (Å²) in [4.78, 5) is 13.7. The fraction of sp³-hybridized carbons (Fsp3) is 0.0690. The zero-order valence-corrected chi connectivity index (χ0v) is 18.7. The molecule has 164 valence electrons. The molecular formula is C29H25NO3. The zero-order valence-electron chi connectivity index (χ0n) is 18.7. The van der Waals surface area contributed by atoms with Crippen LogP contribution in [0.3, 0.4) is 0 Å². The third-order valence-corrected chi connectivity index (χ3v) is 5.32. The van der Waals surface area contributed by atoms with Gasteiger partial charge in [-0.25, -0.2) is 4.79 Å². The highest BCUT2D eigenvalue weighted by atomic mass is 16.5. The number of aryl methyl sites for hydroxylation is 1. The molecule has 0 bridgehead atoms. The molecule has 0 saturated carbocycles. The number of nitrogens with zero attached hydrogens (tertiary/aromatic N) is 1. The molecule has 4 heteroatoms. The van der Waals surface area contributed by atoms with E-state index in [9.17, 15) is 4.79 Å². The van der Waals surface area contributed by atoms with Gasteiger partial charge in [0.2, 0.25) is 0 Å². The third kappa shape index (κ3) is 5.13. The van der Waals surface area contributed by atoms with Crippen LogP contribution in [0.15, 0.2) is 110 Å². The molecule has 4 aromatic rings. The molecule has 0 spiro atoms. The van der Waals surface area contributed by atoms with Gasteiger partial charge in [0.15, 0.2) is 0 Å². The second-order valence-corrected chi connectivity index (χ2v) is 7.57. The van der Waals surface area contributed by atoms with Gasteiger partial charge in [-0.05, 0) is 78.7 Å². The minimum Gasteiger partial charge on any atom is -0.497 e. The van der Waals surface area contributed by atoms with Crippen molar-refractivity contribution in [2.75, 3.05) is 12.0 Å². The van der Waals surface area contributed by atoms with E-state index in [0.717, 1.165) is 40.0 Å². The van der Waals surface area contributed by atoms with Crippen LogP contribution >= 0.6 is 0 Å². The summed E-state index contributed by atoms with van der Waals surface area (Å²) in [6.45, 7) is 5.51. The Labute approximate surface area is 194 Å². The number of methoxy groups -OCH3 is 1. The lowest BCUT2D eigenvalue weighted by molar-refractivity contribution is -0.128. The summed E-state index contributed by atoms with van der Waals surface area (Å²) in [5, 5.41) is 0. The van der Waals surface area contributed by atoms with Crippen LogP contribution in [0.5, 0.6) is 11.5 Å². The van der Waals surface area contributed by atoms with Crippen molar-refractivity contribution in [1.82, 2.24) is 0 Å². The SMILES string of the molecule is C=CC(=O)Oc1ccc(N(c2ccc(C)cc2)c2ccc(-c3ccc(OC)cc3)cc2)cc1. The Morgan fingerprint density at radius 1 is 0.697 bits per heavy atom. The first-order valence-corrected chi connectivity index (χ1v) is 10.6. The second kappa shape index (κ2) is 9.88. The van der Waals surface area contributed by atoms with E-state index in [-0.39, 0.29) is 0 Å². The maximum atomic E-state index is 11.5. The van der Waals surface area contributed by atoms with Crippen LogP contribution in [0, 0.1) is 6.92 Å². The first kappa shape index (κ1) is 21.9. The van der Waals surface area contributed by atoms with Crippen LogP contribution in [-0.2, 0) is 4.79 Å². The highest BCUT2D eigenvalue weighted by molar-refractivity contribution is 5.84. The quantitative estimate of drug-likeness (QED) is 0.174. The molecule has 4 rings (SSSR count). The minimum atomic E-state index is -0.479. The number of hydrogen-bond donors (Lipinski definition) is 0. The van der Waals surface area contributed by atoms with E-state index < -0.39 is 5.97 Å². The molecule has 0 radical (unpaired) electrons. The van der Waals surface area contributed by atoms with Gasteiger partial charge in [0.05, 0.1) is 7.11 Å². The van der Waals surface area contributed by atoms with Crippen molar-refractivity contribution < 1.29 is 14.3 Å². The van der Waals surface area contributed by atoms with Gasteiger partial charge in [0.25, 0.3) is 0 Å². The number of anilines is 3. The molecule has 0 heterocycles. The van der Waals surface area contributed by atoms with Gasteiger partial charge in [0.1, 0.15) is 11.5 Å². The highest BCUT2D eigenvalue weighted by Gasteiger charge is 2.13. The summed E-state index contributed by atoms with van der Waals surface area (Å²) in [5.41, 5.74) is 6.45. The van der Waals surface area contributed by atoms with E-state index in [0.29, 0.717) is 5.75 Å². The average Bonchev–Trinajstić information content (AvgIpc) is 2.87. The van der Waals surface area contributed by atoms with Crippen molar-refractivity contribution >= 4 is 23.0 Å². The number of esters is 1. The summed E-state index contributed by atoms with van der Waals surface area (Å²) < 4.78 is 10.5. The fourth-order valence-electron chi connectivity index (χ4n) is 3.55. The number of ether oxygens (including phenoxy) is 2. The molecule has 4 nitrogen and oxygen atoms in total. The summed E-state index contributed by atoms with van der Waals surface area (Å²) in [6, 6.07) is 32.3. The van der Waals surface area contributed by atoms with Gasteiger partial charge in [-0.1, -0.05) is 48.5 Å². The van der Waals surface area contributed by atoms with Crippen LogP contribution in [-0.4, -0.2) is 13.1 Å². The molecule has 0 aliphatic heterocycles. The van der Waals surface area contributed by atoms with Crippen molar-refractivity contribution in [2.24, 2.45) is 0 Å². The van der Waals surface area contributed by atoms with Gasteiger partial charge in [-0.2, -0.15) is 0 Å². The van der Waals surface area contributed by atoms with Crippen molar-refractivity contribution in [2.45, 2.75) is 6.92 Å². The van der Waals surface area contributed by atoms with E-state index in [4.69, 9.17) is 9.47 Å². The molecule has 33 heavy (non-hydrogen) atoms. The zero-order chi connectivity index (χ0) is 23.2. The standard InChI is InChI=1S/C29H25NO3/c1-4-29(31)33-28-19-15-26(16-20-28)30(24-11-5-21(2)6-12-24)25-13-7-22(8-14-25)23-9-17-27(32-3)18-10-23/h4-20H,1H2,2-3H3. The van der Waals surface area contributed by atoms with Crippen molar-refractivity contribution in [3.8, 4) is 22.6 Å². The number of rotatable bonds is 7. The first-order valence-electron chi connectivity index (χ1n) is 10.6. The van der Waals surface area contributed by atoms with Crippen LogP contribution in [0.1, 0.15) is 5.56 Å². The number of carbonyl (C=O) groups excluding carboxylic acids is 1. The molecule has 0 amide bonds. The van der Waals surface area contributed by atoms with Crippen molar-refractivity contribution in [3.05, 3.63) is 115 Å². The lowest BCUT2D eigenvalue weighted by Crippen LogP contribution is -2.10. The second-order valence-electron chi connectivity index (χ2n) is 7.57. The third-order valence-electron chi connectivity index (χ3n) is 5.32. The molecule has 0 aliphatic carbocycles. The Hall–Kier alpha value is -4.31. The Bertz CT molecular complexity index is 1230. The number of hydrogen-bond acceptors (Lipinski definition) is 4. The average molecular weight is 436 g/mol. The molecular weight excluding hydrogens is 410 g/mol. The Morgan fingerprint density at radius 2 is 1.12 bits per heavy atom. The summed E-state index contributed by atoms with van der Waals surface area (Å²) in [5.74, 6) is 0.831. The summed E-state index contributed by atoms with van der Waals surface area (Å²) in [6.07, 6.45) is 1.15. The van der Waals surface area contributed by atoms with Gasteiger partial charge in [0, 0.05) is 23.1 Å². The molecule has 0 fully saturated rings. The molecule has 0 atom stereocenters. The van der Waals surface area contributed by atoms with Crippen LogP contribution < -0.4 is 14.4 Å². The Balaban J connectivity index is 1.68. The predicted octanol–water partition coefficient (Wildman–Crippen LogP) is 7.23. The van der Waals surface area contributed by atoms with Gasteiger partial charge in [-0.15, -0.1) is 0 Å². The predicted molar refractivity (Wildman–Crippen MR) is 134 cm³/mol. The maximum absolute atomic E-state index is 11.5. The topological polar surface area (TPSA) is 38.8 Å². The van der Waals surface area contributed by atoms with E-state index in [2.05, 4.69) is 79.1 Å². The normalized spacial score (nSPS) is 10.4. The maximum Gasteiger partial charge on any atom is 0.335 e. The van der Waals surface area contributed by atoms with E-state index in [1.165, 1.54) is 5.56 Å². The van der Waals surface area contributed by atoms with Crippen molar-refractivity contribution in [3.63, 3.8) is 0 Å². The monoisotopic (exact) mass is 435 g/mol. The van der Waals surface area contributed by atoms with E-state index in [1.807, 2.05) is 24.3 Å². The first-order chi connectivity index (χ1) is 16.1. The summed E-state index contributed by atoms with van der Waals surface area (Å²) in [7, 11) is 1.67. The lowest BCUT2D eigenvalue weighted by atomic mass is 10.0.